The van der Waals surface area contributed by atoms with Crippen molar-refractivity contribution in [3.63, 3.8) is 0 Å². The Morgan fingerprint density at radius 1 is 1.23 bits per heavy atom. The van der Waals surface area contributed by atoms with Gasteiger partial charge in [0, 0.05) is 6.54 Å². The normalized spacial score (nSPS) is 12.5. The van der Waals surface area contributed by atoms with Gasteiger partial charge in [-0.15, -0.1) is 0 Å². The molecular weight excluding hydrogens is 284 g/mol. The summed E-state index contributed by atoms with van der Waals surface area (Å²) >= 11 is 0. The Kier molecular flexibility index (Phi) is 6.05. The van der Waals surface area contributed by atoms with Crippen LogP contribution in [0.1, 0.15) is 37.9 Å². The monoisotopic (exact) mass is 310 g/mol. The molecule has 0 saturated heterocycles. The predicted octanol–water partition coefficient (Wildman–Crippen LogP) is 2.54. The van der Waals surface area contributed by atoms with Gasteiger partial charge in [0.2, 0.25) is 0 Å². The molecule has 1 atom stereocenters. The second-order valence-electron chi connectivity index (χ2n) is 6.02. The van der Waals surface area contributed by atoms with Gasteiger partial charge in [-0.1, -0.05) is 0 Å². The smallest absolute Gasteiger partial charge is 0.408 e. The van der Waals surface area contributed by atoms with E-state index in [2.05, 4.69) is 5.32 Å². The summed E-state index contributed by atoms with van der Waals surface area (Å²) in [5, 5.41) is 2.76. The number of hydrogen-bond acceptors (Lipinski definition) is 5. The molecule has 22 heavy (non-hydrogen) atoms. The highest BCUT2D eigenvalue weighted by Gasteiger charge is 2.25. The van der Waals surface area contributed by atoms with Gasteiger partial charge in [-0.2, -0.15) is 0 Å². The van der Waals surface area contributed by atoms with E-state index in [0.29, 0.717) is 17.1 Å². The molecule has 0 spiro atoms. The van der Waals surface area contributed by atoms with Gasteiger partial charge in [0.15, 0.2) is 0 Å². The Labute approximate surface area is 131 Å². The molecule has 124 valence electrons. The minimum atomic E-state index is -0.579. The molecule has 3 N–H and O–H groups in total. The summed E-state index contributed by atoms with van der Waals surface area (Å²) in [4.78, 5) is 12.0. The van der Waals surface area contributed by atoms with Gasteiger partial charge >= 0.3 is 6.09 Å². The fraction of sp³-hybridized carbons (Fsp3) is 0.562. The molecule has 1 unspecified atom stereocenters. The molecule has 0 heterocycles. The average molecular weight is 310 g/mol. The molecule has 0 aromatic heterocycles. The topological polar surface area (TPSA) is 82.8 Å². The van der Waals surface area contributed by atoms with Gasteiger partial charge in [-0.3, -0.25) is 0 Å². The molecule has 1 aromatic rings. The van der Waals surface area contributed by atoms with Gasteiger partial charge in [0.25, 0.3) is 0 Å². The van der Waals surface area contributed by atoms with Crippen molar-refractivity contribution in [2.75, 3.05) is 20.8 Å². The van der Waals surface area contributed by atoms with E-state index < -0.39 is 17.7 Å². The lowest BCUT2D eigenvalue weighted by Crippen LogP contribution is -2.38. The molecule has 0 bridgehead atoms. The van der Waals surface area contributed by atoms with Crippen molar-refractivity contribution in [3.8, 4) is 11.5 Å². The molecule has 1 amide bonds. The number of carbonyl (C=O) groups excluding carboxylic acids is 1. The van der Waals surface area contributed by atoms with Crippen LogP contribution in [0.2, 0.25) is 0 Å². The molecular formula is C16H26N2O4. The highest BCUT2D eigenvalue weighted by Crippen LogP contribution is 2.35. The lowest BCUT2D eigenvalue weighted by molar-refractivity contribution is 0.0504. The molecule has 0 aliphatic carbocycles. The third kappa shape index (κ3) is 4.80. The number of methoxy groups -OCH3 is 2. The van der Waals surface area contributed by atoms with E-state index in [4.69, 9.17) is 19.9 Å². The van der Waals surface area contributed by atoms with Gasteiger partial charge in [-0.25, -0.2) is 4.79 Å². The molecule has 0 saturated carbocycles. The van der Waals surface area contributed by atoms with Gasteiger partial charge < -0.3 is 25.3 Å². The van der Waals surface area contributed by atoms with Crippen LogP contribution in [-0.4, -0.2) is 32.5 Å². The molecule has 1 aromatic carbocycles. The van der Waals surface area contributed by atoms with Crippen molar-refractivity contribution >= 4 is 6.09 Å². The fourth-order valence-electron chi connectivity index (χ4n) is 2.11. The van der Waals surface area contributed by atoms with Crippen LogP contribution in [0.15, 0.2) is 12.1 Å². The molecule has 6 heteroatoms. The molecule has 1 rings (SSSR count). The van der Waals surface area contributed by atoms with E-state index in [9.17, 15) is 4.79 Å². The molecule has 0 fully saturated rings. The third-order valence-electron chi connectivity index (χ3n) is 2.96. The van der Waals surface area contributed by atoms with Crippen molar-refractivity contribution in [2.24, 2.45) is 5.73 Å². The Balaban J connectivity index is 3.11. The van der Waals surface area contributed by atoms with Crippen molar-refractivity contribution < 1.29 is 19.0 Å². The third-order valence-corrected chi connectivity index (χ3v) is 2.96. The van der Waals surface area contributed by atoms with Crippen LogP contribution in [0.4, 0.5) is 4.79 Å². The first-order chi connectivity index (χ1) is 10.2. The van der Waals surface area contributed by atoms with E-state index in [1.54, 1.807) is 35.0 Å². The number of ether oxygens (including phenoxy) is 3. The number of hydrogen-bond donors (Lipinski definition) is 2. The van der Waals surface area contributed by atoms with Crippen LogP contribution in [0, 0.1) is 6.92 Å². The summed E-state index contributed by atoms with van der Waals surface area (Å²) in [5.74, 6) is 1.23. The highest BCUT2D eigenvalue weighted by molar-refractivity contribution is 5.69. The van der Waals surface area contributed by atoms with Crippen LogP contribution in [0.3, 0.4) is 0 Å². The van der Waals surface area contributed by atoms with Gasteiger partial charge in [-0.05, 0) is 45.4 Å². The van der Waals surface area contributed by atoms with Crippen molar-refractivity contribution in [2.45, 2.75) is 39.3 Å². The van der Waals surface area contributed by atoms with E-state index >= 15 is 0 Å². The Morgan fingerprint density at radius 3 is 2.09 bits per heavy atom. The zero-order valence-corrected chi connectivity index (χ0v) is 14.1. The number of nitrogens with one attached hydrogen (secondary N) is 1. The average Bonchev–Trinajstić information content (AvgIpc) is 2.42. The molecule has 6 nitrogen and oxygen atoms in total. The Morgan fingerprint density at radius 2 is 1.73 bits per heavy atom. The Hall–Kier alpha value is -1.95. The first-order valence-electron chi connectivity index (χ1n) is 7.14. The summed E-state index contributed by atoms with van der Waals surface area (Å²) in [5.41, 5.74) is 6.93. The number of benzene rings is 1. The minimum absolute atomic E-state index is 0.190. The molecule has 0 aliphatic heterocycles. The predicted molar refractivity (Wildman–Crippen MR) is 85.4 cm³/mol. The van der Waals surface area contributed by atoms with Crippen molar-refractivity contribution in [3.05, 3.63) is 23.3 Å². The summed E-state index contributed by atoms with van der Waals surface area (Å²) in [6.07, 6.45) is -0.535. The lowest BCUT2D eigenvalue weighted by atomic mass is 10.0. The zero-order chi connectivity index (χ0) is 16.9. The van der Waals surface area contributed by atoms with E-state index in [0.717, 1.165) is 5.56 Å². The fourth-order valence-corrected chi connectivity index (χ4v) is 2.11. The summed E-state index contributed by atoms with van der Waals surface area (Å²) in [6, 6.07) is 3.27. The van der Waals surface area contributed by atoms with Crippen molar-refractivity contribution in [1.82, 2.24) is 5.32 Å². The quantitative estimate of drug-likeness (QED) is 0.873. The van der Waals surface area contributed by atoms with E-state index in [1.165, 1.54) is 0 Å². The SMILES string of the molecule is COc1cc(C)cc(OC)c1C(CN)NC(=O)OC(C)(C)C. The number of carbonyl (C=O) groups is 1. The second kappa shape index (κ2) is 7.35. The number of alkyl carbamates (subject to hydrolysis) is 1. The Bertz CT molecular complexity index is 498. The molecule has 0 aliphatic rings. The number of amides is 1. The lowest BCUT2D eigenvalue weighted by Gasteiger charge is -2.25. The van der Waals surface area contributed by atoms with Crippen LogP contribution in [0.25, 0.3) is 0 Å². The number of aryl methyl sites for hydroxylation is 1. The van der Waals surface area contributed by atoms with Crippen LogP contribution in [0.5, 0.6) is 11.5 Å². The summed E-state index contributed by atoms with van der Waals surface area (Å²) in [7, 11) is 3.14. The highest BCUT2D eigenvalue weighted by atomic mass is 16.6. The first kappa shape index (κ1) is 18.1. The zero-order valence-electron chi connectivity index (χ0n) is 14.1. The van der Waals surface area contributed by atoms with Crippen LogP contribution in [-0.2, 0) is 4.74 Å². The maximum Gasteiger partial charge on any atom is 0.408 e. The standard InChI is InChI=1S/C16H26N2O4/c1-10-7-12(20-5)14(13(8-10)21-6)11(9-17)18-15(19)22-16(2,3)4/h7-8,11H,9,17H2,1-6H3,(H,18,19). The summed E-state index contributed by atoms with van der Waals surface area (Å²) < 4.78 is 16.1. The van der Waals surface area contributed by atoms with Crippen molar-refractivity contribution in [1.29, 1.82) is 0 Å². The molecule has 0 radical (unpaired) electrons. The number of rotatable bonds is 5. The number of nitrogens with two attached hydrogens (primary N) is 1. The second-order valence-corrected chi connectivity index (χ2v) is 6.02. The van der Waals surface area contributed by atoms with E-state index in [1.807, 2.05) is 19.1 Å². The minimum Gasteiger partial charge on any atom is -0.496 e. The van der Waals surface area contributed by atoms with Gasteiger partial charge in [0.1, 0.15) is 17.1 Å². The largest absolute Gasteiger partial charge is 0.496 e. The summed E-state index contributed by atoms with van der Waals surface area (Å²) in [6.45, 7) is 7.54. The maximum atomic E-state index is 12.0. The van der Waals surface area contributed by atoms with Gasteiger partial charge in [0.05, 0.1) is 25.8 Å². The van der Waals surface area contributed by atoms with Crippen LogP contribution >= 0.6 is 0 Å². The maximum absolute atomic E-state index is 12.0. The van der Waals surface area contributed by atoms with E-state index in [-0.39, 0.29) is 6.54 Å². The first-order valence-corrected chi connectivity index (χ1v) is 7.14. The van der Waals surface area contributed by atoms with Crippen LogP contribution < -0.4 is 20.5 Å².